The molecular formula is C8H17N7S. The molecule has 0 amide bonds. The van der Waals surface area contributed by atoms with Crippen LogP contribution in [0.25, 0.3) is 0 Å². The molecule has 0 rings (SSSR count). The van der Waals surface area contributed by atoms with Gasteiger partial charge in [0.15, 0.2) is 5.11 Å². The van der Waals surface area contributed by atoms with Gasteiger partial charge in [-0.25, -0.2) is 5.43 Å². The lowest BCUT2D eigenvalue weighted by molar-refractivity contribution is 0.938. The van der Waals surface area contributed by atoms with Crippen LogP contribution in [-0.2, 0) is 0 Å². The van der Waals surface area contributed by atoms with Crippen LogP contribution in [0.1, 0.15) is 6.92 Å². The van der Waals surface area contributed by atoms with Crippen LogP contribution in [0, 0.1) is 0 Å². The molecule has 0 spiro atoms. The minimum atomic E-state index is 0.447. The van der Waals surface area contributed by atoms with E-state index in [0.29, 0.717) is 16.8 Å². The zero-order valence-electron chi connectivity index (χ0n) is 9.83. The van der Waals surface area contributed by atoms with Crippen LogP contribution in [0.4, 0.5) is 0 Å². The quantitative estimate of drug-likeness (QED) is 0.226. The smallest absolute Gasteiger partial charge is 0.211 e. The summed E-state index contributed by atoms with van der Waals surface area (Å²) in [7, 11) is 5.12. The van der Waals surface area contributed by atoms with Gasteiger partial charge in [-0.1, -0.05) is 0 Å². The molecule has 0 fully saturated rings. The first-order valence-corrected chi connectivity index (χ1v) is 5.00. The highest BCUT2D eigenvalue weighted by Gasteiger charge is 1.90. The van der Waals surface area contributed by atoms with Gasteiger partial charge in [-0.2, -0.15) is 10.2 Å². The highest BCUT2D eigenvalue weighted by atomic mass is 32.1. The van der Waals surface area contributed by atoms with Gasteiger partial charge >= 0.3 is 0 Å². The van der Waals surface area contributed by atoms with Gasteiger partial charge in [-0.05, 0) is 19.1 Å². The average molecular weight is 243 g/mol. The molecule has 7 nitrogen and oxygen atoms in total. The van der Waals surface area contributed by atoms with E-state index < -0.39 is 0 Å². The lowest BCUT2D eigenvalue weighted by Crippen LogP contribution is -2.32. The van der Waals surface area contributed by atoms with Crippen molar-refractivity contribution in [3.8, 4) is 0 Å². The third-order valence-electron chi connectivity index (χ3n) is 1.44. The number of hydrogen-bond acceptors (Lipinski definition) is 4. The molecule has 0 atom stereocenters. The molecule has 0 aliphatic heterocycles. The van der Waals surface area contributed by atoms with Gasteiger partial charge in [0.25, 0.3) is 0 Å². The maximum Gasteiger partial charge on any atom is 0.211 e. The molecule has 0 aliphatic carbocycles. The largest absolute Gasteiger partial charge is 0.364 e. The normalized spacial score (nSPS) is 12.5. The molecule has 0 aromatic rings. The minimum Gasteiger partial charge on any atom is -0.364 e. The molecule has 90 valence electrons. The van der Waals surface area contributed by atoms with Crippen LogP contribution >= 0.6 is 12.2 Å². The number of thiocarbonyl (C=S) groups is 1. The Morgan fingerprint density at radius 2 is 1.88 bits per heavy atom. The molecule has 16 heavy (non-hydrogen) atoms. The zero-order chi connectivity index (χ0) is 12.4. The van der Waals surface area contributed by atoms with Gasteiger partial charge in [-0.3, -0.25) is 10.4 Å². The van der Waals surface area contributed by atoms with Gasteiger partial charge in [0.05, 0.1) is 11.9 Å². The highest BCUT2D eigenvalue weighted by molar-refractivity contribution is 7.80. The van der Waals surface area contributed by atoms with Crippen molar-refractivity contribution in [1.82, 2.24) is 21.5 Å². The standard InChI is InChI=1S/C8H17N7S/c1-6(5-12-15-8(16)11-4)13-14-7(9-2)10-3/h5H,1-4H3,(H2,9,10,14)(H2,11,15,16). The third-order valence-corrected chi connectivity index (χ3v) is 1.74. The summed E-state index contributed by atoms with van der Waals surface area (Å²) < 4.78 is 0. The number of rotatable bonds is 3. The summed E-state index contributed by atoms with van der Waals surface area (Å²) in [6, 6.07) is 0. The van der Waals surface area contributed by atoms with Crippen molar-refractivity contribution >= 4 is 35.2 Å². The predicted molar refractivity (Wildman–Crippen MR) is 71.9 cm³/mol. The fourth-order valence-corrected chi connectivity index (χ4v) is 0.681. The van der Waals surface area contributed by atoms with E-state index in [1.54, 1.807) is 34.3 Å². The Bertz CT molecular complexity index is 308. The summed E-state index contributed by atoms with van der Waals surface area (Å²) in [6.07, 6.45) is 1.54. The first-order chi connectivity index (χ1) is 7.63. The Hall–Kier alpha value is -1.70. The topological polar surface area (TPSA) is 85.2 Å². The van der Waals surface area contributed by atoms with E-state index in [0.717, 1.165) is 0 Å². The summed E-state index contributed by atoms with van der Waals surface area (Å²) in [5.41, 5.74) is 6.03. The van der Waals surface area contributed by atoms with Crippen LogP contribution in [0.5, 0.6) is 0 Å². The predicted octanol–water partition coefficient (Wildman–Crippen LogP) is -0.763. The maximum atomic E-state index is 4.83. The summed E-state index contributed by atoms with van der Waals surface area (Å²) >= 11 is 4.83. The second kappa shape index (κ2) is 8.60. The van der Waals surface area contributed by atoms with Crippen molar-refractivity contribution in [2.24, 2.45) is 15.2 Å². The number of hydrogen-bond donors (Lipinski definition) is 4. The first kappa shape index (κ1) is 14.3. The van der Waals surface area contributed by atoms with Gasteiger partial charge in [-0.15, -0.1) is 0 Å². The lowest BCUT2D eigenvalue weighted by Gasteiger charge is -2.03. The molecule has 0 aromatic heterocycles. The van der Waals surface area contributed by atoms with E-state index >= 15 is 0 Å². The molecule has 8 heteroatoms. The average Bonchev–Trinajstić information content (AvgIpc) is 2.30. The second-order valence-corrected chi connectivity index (χ2v) is 3.04. The number of nitrogens with one attached hydrogen (secondary N) is 4. The van der Waals surface area contributed by atoms with Crippen molar-refractivity contribution in [2.75, 3.05) is 21.1 Å². The highest BCUT2D eigenvalue weighted by Crippen LogP contribution is 1.72. The van der Waals surface area contributed by atoms with E-state index in [9.17, 15) is 0 Å². The Balaban J connectivity index is 4.09. The molecule has 0 aromatic carbocycles. The molecule has 0 aliphatic rings. The molecule has 4 N–H and O–H groups in total. The van der Waals surface area contributed by atoms with E-state index in [4.69, 9.17) is 12.2 Å². The number of nitrogens with zero attached hydrogens (tertiary/aromatic N) is 3. The van der Waals surface area contributed by atoms with E-state index in [1.807, 2.05) is 0 Å². The number of aliphatic imine (C=N–C) groups is 1. The van der Waals surface area contributed by atoms with Gasteiger partial charge in [0.1, 0.15) is 0 Å². The van der Waals surface area contributed by atoms with Gasteiger partial charge in [0, 0.05) is 21.1 Å². The monoisotopic (exact) mass is 243 g/mol. The van der Waals surface area contributed by atoms with E-state index in [-0.39, 0.29) is 0 Å². The van der Waals surface area contributed by atoms with Crippen molar-refractivity contribution in [2.45, 2.75) is 6.92 Å². The van der Waals surface area contributed by atoms with Crippen molar-refractivity contribution in [3.63, 3.8) is 0 Å². The second-order valence-electron chi connectivity index (χ2n) is 2.64. The molecule has 0 bridgehead atoms. The molecular weight excluding hydrogens is 226 g/mol. The van der Waals surface area contributed by atoms with Crippen molar-refractivity contribution in [3.05, 3.63) is 0 Å². The van der Waals surface area contributed by atoms with Crippen LogP contribution in [-0.4, -0.2) is 44.1 Å². The molecule has 0 radical (unpaired) electrons. The Morgan fingerprint density at radius 1 is 1.19 bits per heavy atom. The lowest BCUT2D eigenvalue weighted by atomic mass is 10.5. The van der Waals surface area contributed by atoms with E-state index in [2.05, 4.69) is 36.7 Å². The minimum absolute atomic E-state index is 0.447. The fraction of sp³-hybridized carbons (Fsp3) is 0.500. The summed E-state index contributed by atoms with van der Waals surface area (Å²) in [4.78, 5) is 3.90. The molecule has 0 heterocycles. The Kier molecular flexibility index (Phi) is 7.68. The summed E-state index contributed by atoms with van der Waals surface area (Å²) in [5.74, 6) is 0.575. The first-order valence-electron chi connectivity index (χ1n) is 4.59. The molecule has 0 saturated carbocycles. The van der Waals surface area contributed by atoms with Crippen LogP contribution < -0.4 is 21.5 Å². The van der Waals surface area contributed by atoms with Crippen molar-refractivity contribution < 1.29 is 0 Å². The number of hydrazone groups is 2. The molecule has 0 unspecified atom stereocenters. The molecule has 0 saturated heterocycles. The van der Waals surface area contributed by atoms with Crippen molar-refractivity contribution in [1.29, 1.82) is 0 Å². The maximum absolute atomic E-state index is 4.83. The fourth-order valence-electron chi connectivity index (χ4n) is 0.628. The van der Waals surface area contributed by atoms with Crippen LogP contribution in [0.3, 0.4) is 0 Å². The third kappa shape index (κ3) is 6.71. The number of guanidine groups is 1. The SMILES string of the molecule is CN=C(NC)NN=C(C)C=NNC(=S)NC. The Labute approximate surface area is 100 Å². The van der Waals surface area contributed by atoms with Crippen LogP contribution in [0.15, 0.2) is 15.2 Å². The summed E-state index contributed by atoms with van der Waals surface area (Å²) in [6.45, 7) is 1.80. The zero-order valence-corrected chi connectivity index (χ0v) is 10.6. The Morgan fingerprint density at radius 3 is 2.38 bits per heavy atom. The van der Waals surface area contributed by atoms with Crippen LogP contribution in [0.2, 0.25) is 0 Å². The van der Waals surface area contributed by atoms with E-state index in [1.165, 1.54) is 0 Å². The summed E-state index contributed by atoms with van der Waals surface area (Å²) in [5, 5.41) is 13.9. The van der Waals surface area contributed by atoms with Gasteiger partial charge < -0.3 is 10.6 Å². The van der Waals surface area contributed by atoms with Gasteiger partial charge in [0.2, 0.25) is 5.96 Å².